The zero-order chi connectivity index (χ0) is 37.5. The van der Waals surface area contributed by atoms with Crippen LogP contribution >= 0.6 is 11.3 Å². The molecule has 12 rings (SSSR count). The number of fused-ring (bicyclic) bond motifs is 9. The first-order valence-electron chi connectivity index (χ1n) is 18.8. The SMILES string of the molecule is c1ccc(-c2nc(-c3ccc4oc5ccccc5c4c3)nc(-c3nc(-c4cccc5c6ccccc6n(-c6ccccc6)c45)nc4c3sc3ccccc34)n2)cc1. The first-order chi connectivity index (χ1) is 28.2. The van der Waals surface area contributed by atoms with Gasteiger partial charge in [0.05, 0.1) is 21.3 Å². The molecule has 0 atom stereocenters. The van der Waals surface area contributed by atoms with Crippen molar-refractivity contribution in [3.8, 4) is 51.4 Å². The van der Waals surface area contributed by atoms with Crippen molar-refractivity contribution in [2.75, 3.05) is 0 Å². The predicted molar refractivity (Wildman–Crippen MR) is 232 cm³/mol. The monoisotopic (exact) mass is 748 g/mol. The van der Waals surface area contributed by atoms with Gasteiger partial charge in [-0.25, -0.2) is 24.9 Å². The lowest BCUT2D eigenvalue weighted by molar-refractivity contribution is 0.669. The number of aromatic nitrogens is 6. The fourth-order valence-electron chi connectivity index (χ4n) is 8.10. The Labute approximate surface area is 329 Å². The van der Waals surface area contributed by atoms with E-state index in [2.05, 4.69) is 108 Å². The van der Waals surface area contributed by atoms with Crippen molar-refractivity contribution >= 4 is 75.4 Å². The van der Waals surface area contributed by atoms with Gasteiger partial charge in [0.1, 0.15) is 16.9 Å². The van der Waals surface area contributed by atoms with Gasteiger partial charge in [-0.15, -0.1) is 11.3 Å². The van der Waals surface area contributed by atoms with Crippen molar-refractivity contribution in [3.63, 3.8) is 0 Å². The summed E-state index contributed by atoms with van der Waals surface area (Å²) in [5, 5.41) is 5.40. The van der Waals surface area contributed by atoms with Crippen LogP contribution in [0.1, 0.15) is 0 Å². The summed E-state index contributed by atoms with van der Waals surface area (Å²) in [4.78, 5) is 26.4. The van der Waals surface area contributed by atoms with E-state index in [1.165, 1.54) is 0 Å². The second-order valence-corrected chi connectivity index (χ2v) is 15.1. The maximum atomic E-state index is 6.18. The van der Waals surface area contributed by atoms with Gasteiger partial charge in [-0.05, 0) is 54.6 Å². The fraction of sp³-hybridized carbons (Fsp3) is 0. The third-order valence-corrected chi connectivity index (χ3v) is 11.9. The summed E-state index contributed by atoms with van der Waals surface area (Å²) in [6.45, 7) is 0. The standard InChI is InChI=1S/C49H28N6OS/c1-3-14-29(15-4-1)46-52-47(30-26-27-40-37(28-30)33-19-8-11-24-39(33)56-40)54-49(53-46)43-45-42(35-20-9-12-25-41(35)57-45)50-48(51-43)36-22-13-21-34-32-18-7-10-23-38(32)55(44(34)36)31-16-5-2-6-17-31/h1-28H. The number of rotatable bonds is 5. The van der Waals surface area contributed by atoms with E-state index in [4.69, 9.17) is 29.3 Å². The summed E-state index contributed by atoms with van der Waals surface area (Å²) in [6.07, 6.45) is 0. The number of para-hydroxylation sites is 4. The van der Waals surface area contributed by atoms with Crippen LogP contribution in [0.3, 0.4) is 0 Å². The van der Waals surface area contributed by atoms with E-state index in [1.54, 1.807) is 11.3 Å². The quantitative estimate of drug-likeness (QED) is 0.174. The van der Waals surface area contributed by atoms with Crippen LogP contribution in [0.2, 0.25) is 0 Å². The Balaban J connectivity index is 1.16. The Bertz CT molecular complexity index is 3530. The highest BCUT2D eigenvalue weighted by Crippen LogP contribution is 2.42. The molecule has 0 saturated heterocycles. The van der Waals surface area contributed by atoms with Gasteiger partial charge in [0, 0.05) is 54.0 Å². The van der Waals surface area contributed by atoms with Crippen LogP contribution in [0.5, 0.6) is 0 Å². The van der Waals surface area contributed by atoms with Crippen LogP contribution < -0.4 is 0 Å². The third-order valence-electron chi connectivity index (χ3n) is 10.7. The molecule has 0 aliphatic heterocycles. The van der Waals surface area contributed by atoms with Crippen molar-refractivity contribution in [1.29, 1.82) is 0 Å². The first kappa shape index (κ1) is 31.8. The minimum absolute atomic E-state index is 0.479. The molecule has 5 aromatic heterocycles. The predicted octanol–water partition coefficient (Wildman–Crippen LogP) is 12.7. The van der Waals surface area contributed by atoms with E-state index in [1.807, 2.05) is 66.7 Å². The van der Waals surface area contributed by atoms with Crippen LogP contribution in [-0.2, 0) is 0 Å². The lowest BCUT2D eigenvalue weighted by atomic mass is 10.1. The molecule has 57 heavy (non-hydrogen) atoms. The summed E-state index contributed by atoms with van der Waals surface area (Å²) in [7, 11) is 0. The molecule has 0 unspecified atom stereocenters. The van der Waals surface area contributed by atoms with Crippen LogP contribution in [0.4, 0.5) is 0 Å². The number of thiophene rings is 1. The van der Waals surface area contributed by atoms with E-state index >= 15 is 0 Å². The minimum Gasteiger partial charge on any atom is -0.456 e. The second-order valence-electron chi connectivity index (χ2n) is 14.0. The van der Waals surface area contributed by atoms with Crippen LogP contribution in [-0.4, -0.2) is 29.5 Å². The molecular formula is C49H28N6OS. The minimum atomic E-state index is 0.479. The summed E-state index contributed by atoms with van der Waals surface area (Å²) in [5.74, 6) is 2.19. The maximum absolute atomic E-state index is 6.18. The molecule has 266 valence electrons. The molecule has 0 fully saturated rings. The Kier molecular flexibility index (Phi) is 6.96. The van der Waals surface area contributed by atoms with Crippen molar-refractivity contribution in [2.24, 2.45) is 0 Å². The molecular weight excluding hydrogens is 721 g/mol. The van der Waals surface area contributed by atoms with Crippen molar-refractivity contribution < 1.29 is 4.42 Å². The highest BCUT2D eigenvalue weighted by Gasteiger charge is 2.24. The zero-order valence-electron chi connectivity index (χ0n) is 30.2. The molecule has 5 heterocycles. The first-order valence-corrected chi connectivity index (χ1v) is 19.6. The van der Waals surface area contributed by atoms with E-state index < -0.39 is 0 Å². The van der Waals surface area contributed by atoms with E-state index in [9.17, 15) is 0 Å². The van der Waals surface area contributed by atoms with E-state index in [-0.39, 0.29) is 0 Å². The van der Waals surface area contributed by atoms with Gasteiger partial charge < -0.3 is 8.98 Å². The van der Waals surface area contributed by atoms with Crippen molar-refractivity contribution in [2.45, 2.75) is 0 Å². The molecule has 0 radical (unpaired) electrons. The number of benzene rings is 7. The molecule has 0 spiro atoms. The van der Waals surface area contributed by atoms with Gasteiger partial charge in [-0.2, -0.15) is 0 Å². The molecule has 0 aliphatic rings. The van der Waals surface area contributed by atoms with Crippen LogP contribution in [0.25, 0.3) is 115 Å². The summed E-state index contributed by atoms with van der Waals surface area (Å²) < 4.78 is 10.5. The van der Waals surface area contributed by atoms with Gasteiger partial charge in [0.2, 0.25) is 0 Å². The van der Waals surface area contributed by atoms with Crippen LogP contribution in [0.15, 0.2) is 174 Å². The fourth-order valence-corrected chi connectivity index (χ4v) is 9.23. The zero-order valence-corrected chi connectivity index (χ0v) is 31.0. The third kappa shape index (κ3) is 5.01. The normalized spacial score (nSPS) is 11.9. The second kappa shape index (κ2) is 12.5. The summed E-state index contributed by atoms with van der Waals surface area (Å²) in [5.41, 5.74) is 9.05. The number of hydrogen-bond donors (Lipinski definition) is 0. The topological polar surface area (TPSA) is 82.5 Å². The molecule has 0 bridgehead atoms. The molecule has 0 saturated carbocycles. The highest BCUT2D eigenvalue weighted by atomic mass is 32.1. The average molecular weight is 749 g/mol. The Morgan fingerprint density at radius 1 is 0.439 bits per heavy atom. The largest absolute Gasteiger partial charge is 0.456 e. The number of nitrogens with zero attached hydrogens (tertiary/aromatic N) is 6. The van der Waals surface area contributed by atoms with E-state index in [0.717, 1.165) is 86.4 Å². The number of hydrogen-bond acceptors (Lipinski definition) is 7. The molecule has 8 heteroatoms. The van der Waals surface area contributed by atoms with Gasteiger partial charge >= 0.3 is 0 Å². The maximum Gasteiger partial charge on any atom is 0.184 e. The Morgan fingerprint density at radius 2 is 1.11 bits per heavy atom. The molecule has 7 nitrogen and oxygen atoms in total. The van der Waals surface area contributed by atoms with Gasteiger partial charge in [0.15, 0.2) is 23.3 Å². The van der Waals surface area contributed by atoms with Gasteiger partial charge in [-0.3, -0.25) is 0 Å². The highest BCUT2D eigenvalue weighted by molar-refractivity contribution is 7.26. The summed E-state index contributed by atoms with van der Waals surface area (Å²) >= 11 is 1.66. The smallest absolute Gasteiger partial charge is 0.184 e. The van der Waals surface area contributed by atoms with Crippen molar-refractivity contribution in [1.82, 2.24) is 29.5 Å². The Morgan fingerprint density at radius 3 is 1.96 bits per heavy atom. The van der Waals surface area contributed by atoms with Gasteiger partial charge in [-0.1, -0.05) is 115 Å². The van der Waals surface area contributed by atoms with E-state index in [0.29, 0.717) is 29.0 Å². The van der Waals surface area contributed by atoms with Crippen LogP contribution in [0, 0.1) is 0 Å². The molecule has 12 aromatic rings. The average Bonchev–Trinajstić information content (AvgIpc) is 3.96. The lowest BCUT2D eigenvalue weighted by Crippen LogP contribution is -2.03. The molecule has 0 amide bonds. The summed E-state index contributed by atoms with van der Waals surface area (Å²) in [6, 6.07) is 58.1. The van der Waals surface area contributed by atoms with Crippen molar-refractivity contribution in [3.05, 3.63) is 170 Å². The molecule has 7 aromatic carbocycles. The lowest BCUT2D eigenvalue weighted by Gasteiger charge is -2.12. The molecule has 0 N–H and O–H groups in total. The van der Waals surface area contributed by atoms with Gasteiger partial charge in [0.25, 0.3) is 0 Å². The molecule has 0 aliphatic carbocycles. The number of furan rings is 1. The Hall–Kier alpha value is -7.55.